The van der Waals surface area contributed by atoms with Gasteiger partial charge in [0.15, 0.2) is 12.2 Å². The van der Waals surface area contributed by atoms with Gasteiger partial charge in [-0.2, -0.15) is 4.98 Å². The first-order chi connectivity index (χ1) is 17.6. The van der Waals surface area contributed by atoms with Crippen molar-refractivity contribution in [2.75, 3.05) is 13.2 Å². The number of aliphatic hydroxyl groups is 2. The van der Waals surface area contributed by atoms with Crippen molar-refractivity contribution in [3.63, 3.8) is 0 Å². The third-order valence-corrected chi connectivity index (χ3v) is 7.33. The molecule has 3 aromatic carbocycles. The molecule has 9 heteroatoms. The van der Waals surface area contributed by atoms with E-state index in [2.05, 4.69) is 9.97 Å². The summed E-state index contributed by atoms with van der Waals surface area (Å²) in [6.07, 6.45) is -3.12. The van der Waals surface area contributed by atoms with Gasteiger partial charge in [0.25, 0.3) is 11.9 Å². The van der Waals surface area contributed by atoms with E-state index in [9.17, 15) is 14.6 Å². The fourth-order valence-corrected chi connectivity index (χ4v) is 5.16. The van der Waals surface area contributed by atoms with Crippen molar-refractivity contribution in [3.8, 4) is 28.3 Å². The fraction of sp³-hybridized carbons (Fsp3) is 0.321. The van der Waals surface area contributed by atoms with Crippen LogP contribution >= 0.6 is 11.6 Å². The lowest BCUT2D eigenvalue weighted by molar-refractivity contribution is -0.169. The highest BCUT2D eigenvalue weighted by Crippen LogP contribution is 2.40. The minimum atomic E-state index is -2.27. The molecule has 0 unspecified atom stereocenters. The SMILES string of the molecule is CC(C)(O)c1ccc(-c2ccc(-c3cc4nc(O[C@@H]5CO[C@]6(F)[C@H](O)CO[C@H]56)[nH]c4cc3Cl)cc2)cc1. The van der Waals surface area contributed by atoms with Crippen LogP contribution in [0.4, 0.5) is 4.39 Å². The summed E-state index contributed by atoms with van der Waals surface area (Å²) < 4.78 is 31.2. The highest BCUT2D eigenvalue weighted by Gasteiger charge is 2.62. The smallest absolute Gasteiger partial charge is 0.295 e. The number of benzene rings is 3. The summed E-state index contributed by atoms with van der Waals surface area (Å²) in [6.45, 7) is 3.32. The molecule has 6 rings (SSSR count). The van der Waals surface area contributed by atoms with Crippen LogP contribution in [-0.4, -0.2) is 57.6 Å². The maximum atomic E-state index is 14.8. The van der Waals surface area contributed by atoms with Crippen LogP contribution < -0.4 is 4.74 Å². The van der Waals surface area contributed by atoms with Crippen molar-refractivity contribution in [1.82, 2.24) is 9.97 Å². The molecule has 0 radical (unpaired) electrons. The normalized spacial score (nSPS) is 25.5. The second-order valence-electron chi connectivity index (χ2n) is 10.0. The average molecular weight is 525 g/mol. The monoisotopic (exact) mass is 524 g/mol. The van der Waals surface area contributed by atoms with Crippen LogP contribution in [0.15, 0.2) is 60.7 Å². The molecule has 3 heterocycles. The number of halogens is 2. The van der Waals surface area contributed by atoms with Gasteiger partial charge in [0, 0.05) is 5.56 Å². The van der Waals surface area contributed by atoms with E-state index < -0.39 is 29.8 Å². The van der Waals surface area contributed by atoms with Gasteiger partial charge in [-0.25, -0.2) is 4.39 Å². The summed E-state index contributed by atoms with van der Waals surface area (Å²) in [6, 6.07) is 19.7. The first kappa shape index (κ1) is 24.3. The molecule has 4 aromatic rings. The van der Waals surface area contributed by atoms with E-state index in [4.69, 9.17) is 25.8 Å². The number of aromatic nitrogens is 2. The van der Waals surface area contributed by atoms with Crippen LogP contribution in [0.2, 0.25) is 5.02 Å². The number of hydrogen-bond acceptors (Lipinski definition) is 6. The van der Waals surface area contributed by atoms with Crippen LogP contribution in [0.3, 0.4) is 0 Å². The molecule has 0 spiro atoms. The summed E-state index contributed by atoms with van der Waals surface area (Å²) in [5, 5.41) is 20.5. The molecule has 3 N–H and O–H groups in total. The highest BCUT2D eigenvalue weighted by atomic mass is 35.5. The van der Waals surface area contributed by atoms with Crippen molar-refractivity contribution >= 4 is 22.6 Å². The number of imidazole rings is 1. The molecule has 0 amide bonds. The zero-order chi connectivity index (χ0) is 25.9. The van der Waals surface area contributed by atoms with Crippen LogP contribution in [-0.2, 0) is 15.1 Å². The molecule has 0 aliphatic carbocycles. The maximum absolute atomic E-state index is 14.8. The predicted molar refractivity (Wildman–Crippen MR) is 137 cm³/mol. The number of aromatic amines is 1. The number of ether oxygens (including phenoxy) is 3. The van der Waals surface area contributed by atoms with Gasteiger partial charge < -0.3 is 29.4 Å². The van der Waals surface area contributed by atoms with Crippen molar-refractivity contribution < 1.29 is 28.8 Å². The summed E-state index contributed by atoms with van der Waals surface area (Å²) in [5.41, 5.74) is 5.10. The Hall–Kier alpha value is -3.01. The Labute approximate surface area is 217 Å². The maximum Gasteiger partial charge on any atom is 0.295 e. The van der Waals surface area contributed by atoms with Gasteiger partial charge in [-0.15, -0.1) is 0 Å². The summed E-state index contributed by atoms with van der Waals surface area (Å²) in [4.78, 5) is 7.56. The van der Waals surface area contributed by atoms with E-state index in [0.717, 1.165) is 27.8 Å². The van der Waals surface area contributed by atoms with E-state index in [1.807, 2.05) is 54.6 Å². The lowest BCUT2D eigenvalue weighted by Crippen LogP contribution is -2.43. The first-order valence-electron chi connectivity index (χ1n) is 12.0. The van der Waals surface area contributed by atoms with E-state index in [1.54, 1.807) is 19.9 Å². The molecule has 1 aromatic heterocycles. The number of aliphatic hydroxyl groups excluding tert-OH is 1. The quantitative estimate of drug-likeness (QED) is 0.341. The lowest BCUT2D eigenvalue weighted by atomic mass is 9.95. The topological polar surface area (TPSA) is 96.8 Å². The minimum Gasteiger partial charge on any atom is -0.456 e. The summed E-state index contributed by atoms with van der Waals surface area (Å²) >= 11 is 6.61. The molecular formula is C28H26ClFN2O5. The minimum absolute atomic E-state index is 0.0614. The largest absolute Gasteiger partial charge is 0.456 e. The number of hydrogen-bond donors (Lipinski definition) is 3. The van der Waals surface area contributed by atoms with E-state index in [-0.39, 0.29) is 19.2 Å². The third kappa shape index (κ3) is 4.28. The Morgan fingerprint density at radius 2 is 1.70 bits per heavy atom. The summed E-state index contributed by atoms with van der Waals surface area (Å²) in [7, 11) is 0. The number of rotatable bonds is 5. The average Bonchev–Trinajstić information content (AvgIpc) is 3.51. The van der Waals surface area contributed by atoms with Crippen molar-refractivity contribution in [2.24, 2.45) is 0 Å². The van der Waals surface area contributed by atoms with E-state index in [0.29, 0.717) is 16.1 Å². The Bertz CT molecular complexity index is 1450. The number of H-pyrrole nitrogens is 1. The number of nitrogens with one attached hydrogen (secondary N) is 1. The Morgan fingerprint density at radius 3 is 2.38 bits per heavy atom. The molecule has 37 heavy (non-hydrogen) atoms. The van der Waals surface area contributed by atoms with Gasteiger partial charge in [-0.05, 0) is 48.2 Å². The number of nitrogens with zero attached hydrogens (tertiary/aromatic N) is 1. The Kier molecular flexibility index (Phi) is 5.78. The second-order valence-corrected chi connectivity index (χ2v) is 10.4. The predicted octanol–water partition coefficient (Wildman–Crippen LogP) is 4.98. The Morgan fingerprint density at radius 1 is 1.05 bits per heavy atom. The van der Waals surface area contributed by atoms with Crippen LogP contribution in [0, 0.1) is 0 Å². The van der Waals surface area contributed by atoms with E-state index in [1.165, 1.54) is 0 Å². The Balaban J connectivity index is 1.23. The fourth-order valence-electron chi connectivity index (χ4n) is 4.88. The zero-order valence-electron chi connectivity index (χ0n) is 20.2. The van der Waals surface area contributed by atoms with Crippen LogP contribution in [0.25, 0.3) is 33.3 Å². The third-order valence-electron chi connectivity index (χ3n) is 7.02. The first-order valence-corrected chi connectivity index (χ1v) is 12.4. The number of alkyl halides is 1. The van der Waals surface area contributed by atoms with Gasteiger partial charge in [-0.3, -0.25) is 0 Å². The van der Waals surface area contributed by atoms with Gasteiger partial charge in [0.05, 0.1) is 34.9 Å². The highest BCUT2D eigenvalue weighted by molar-refractivity contribution is 6.34. The van der Waals surface area contributed by atoms with Crippen LogP contribution in [0.5, 0.6) is 6.01 Å². The molecule has 2 fully saturated rings. The molecule has 2 saturated heterocycles. The van der Waals surface area contributed by atoms with E-state index >= 15 is 0 Å². The summed E-state index contributed by atoms with van der Waals surface area (Å²) in [5.74, 6) is -2.27. The number of fused-ring (bicyclic) bond motifs is 2. The molecule has 4 atom stereocenters. The second kappa shape index (κ2) is 8.79. The molecule has 192 valence electrons. The molecule has 7 nitrogen and oxygen atoms in total. The molecule has 2 aliphatic rings. The van der Waals surface area contributed by atoms with Crippen molar-refractivity contribution in [2.45, 2.75) is 43.6 Å². The molecule has 0 saturated carbocycles. The molecule has 2 aliphatic heterocycles. The van der Waals surface area contributed by atoms with Crippen LogP contribution in [0.1, 0.15) is 19.4 Å². The molecule has 0 bridgehead atoms. The van der Waals surface area contributed by atoms with Crippen molar-refractivity contribution in [1.29, 1.82) is 0 Å². The van der Waals surface area contributed by atoms with Gasteiger partial charge in [-0.1, -0.05) is 60.1 Å². The van der Waals surface area contributed by atoms with Crippen molar-refractivity contribution in [3.05, 3.63) is 71.2 Å². The molecular weight excluding hydrogens is 499 g/mol. The standard InChI is InChI=1S/C28H26ClFN2O5/c1-27(2,34)18-9-7-16(8-10-18)15-3-5-17(6-4-15)19-11-21-22(12-20(19)29)32-26(31-21)37-23-13-36-28(30)24(33)14-35-25(23)28/h3-12,23-25,33-34H,13-14H2,1-2H3,(H,31,32)/t23-,24-,25-,28-/m1/s1. The lowest BCUT2D eigenvalue weighted by Gasteiger charge is -2.20. The van der Waals surface area contributed by atoms with Gasteiger partial charge in [0.2, 0.25) is 0 Å². The van der Waals surface area contributed by atoms with Gasteiger partial charge in [0.1, 0.15) is 6.10 Å². The van der Waals surface area contributed by atoms with Gasteiger partial charge >= 0.3 is 0 Å². The zero-order valence-corrected chi connectivity index (χ0v) is 21.0.